The molecule has 0 bridgehead atoms. The summed E-state index contributed by atoms with van der Waals surface area (Å²) < 4.78 is 11.0. The molecule has 2 heterocycles. The molecule has 1 unspecified atom stereocenters. The van der Waals surface area contributed by atoms with E-state index >= 15 is 0 Å². The van der Waals surface area contributed by atoms with Crippen LogP contribution in [0.2, 0.25) is 0 Å². The molecule has 1 atom stereocenters. The molecule has 0 saturated carbocycles. The highest BCUT2D eigenvalue weighted by atomic mass is 16.5. The molecule has 0 spiro atoms. The average molecular weight is 326 g/mol. The first-order valence-electron chi connectivity index (χ1n) is 8.53. The lowest BCUT2D eigenvalue weighted by atomic mass is 10.00. The lowest BCUT2D eigenvalue weighted by Crippen LogP contribution is -2.21. The van der Waals surface area contributed by atoms with Crippen LogP contribution < -0.4 is 9.47 Å². The molecular weight excluding hydrogens is 300 g/mol. The van der Waals surface area contributed by atoms with Crippen molar-refractivity contribution in [3.05, 3.63) is 53.3 Å². The van der Waals surface area contributed by atoms with E-state index in [1.165, 1.54) is 17.5 Å². The number of aromatic nitrogens is 1. The number of ether oxygens (including phenoxy) is 2. The zero-order chi connectivity index (χ0) is 16.9. The number of rotatable bonds is 6. The van der Waals surface area contributed by atoms with Crippen molar-refractivity contribution in [2.24, 2.45) is 5.92 Å². The van der Waals surface area contributed by atoms with Gasteiger partial charge in [-0.05, 0) is 49.9 Å². The van der Waals surface area contributed by atoms with Gasteiger partial charge in [0.05, 0.1) is 14.2 Å². The summed E-state index contributed by atoms with van der Waals surface area (Å²) in [6.07, 6.45) is 6.18. The van der Waals surface area contributed by atoms with Crippen molar-refractivity contribution >= 4 is 0 Å². The van der Waals surface area contributed by atoms with Gasteiger partial charge in [-0.1, -0.05) is 12.1 Å². The summed E-state index contributed by atoms with van der Waals surface area (Å²) in [6, 6.07) is 8.36. The molecule has 2 aromatic rings. The van der Waals surface area contributed by atoms with Crippen LogP contribution in [0.5, 0.6) is 11.5 Å². The van der Waals surface area contributed by atoms with Gasteiger partial charge in [-0.15, -0.1) is 0 Å². The van der Waals surface area contributed by atoms with E-state index in [1.54, 1.807) is 14.2 Å². The minimum atomic E-state index is 0.708. The number of pyridine rings is 1. The zero-order valence-electron chi connectivity index (χ0n) is 14.8. The largest absolute Gasteiger partial charge is 0.496 e. The fraction of sp³-hybridized carbons (Fsp3) is 0.450. The van der Waals surface area contributed by atoms with Crippen LogP contribution >= 0.6 is 0 Å². The standard InChI is InChI=1S/C20H26N2O2/c1-15-19(23-2)7-6-18(20(15)24-3)14-22-10-8-17(13-22)11-16-5-4-9-21-12-16/h4-7,9,12,17H,8,10-11,13-14H2,1-3H3. The van der Waals surface area contributed by atoms with Crippen LogP contribution in [0, 0.1) is 12.8 Å². The highest BCUT2D eigenvalue weighted by molar-refractivity contribution is 5.49. The van der Waals surface area contributed by atoms with E-state index in [2.05, 4.69) is 28.9 Å². The van der Waals surface area contributed by atoms with E-state index in [4.69, 9.17) is 9.47 Å². The molecule has 4 nitrogen and oxygen atoms in total. The van der Waals surface area contributed by atoms with Crippen molar-refractivity contribution in [3.63, 3.8) is 0 Å². The Bertz CT molecular complexity index is 673. The number of nitrogens with zero attached hydrogens (tertiary/aromatic N) is 2. The minimum absolute atomic E-state index is 0.708. The summed E-state index contributed by atoms with van der Waals surface area (Å²) in [4.78, 5) is 6.74. The summed E-state index contributed by atoms with van der Waals surface area (Å²) in [5.41, 5.74) is 3.64. The number of benzene rings is 1. The SMILES string of the molecule is COc1ccc(CN2CCC(Cc3cccnc3)C2)c(OC)c1C. The molecule has 0 N–H and O–H groups in total. The Morgan fingerprint density at radius 3 is 2.79 bits per heavy atom. The molecule has 1 aromatic carbocycles. The van der Waals surface area contributed by atoms with Gasteiger partial charge in [0.1, 0.15) is 11.5 Å². The fourth-order valence-electron chi connectivity index (χ4n) is 3.68. The van der Waals surface area contributed by atoms with Gasteiger partial charge < -0.3 is 9.47 Å². The highest BCUT2D eigenvalue weighted by Gasteiger charge is 2.24. The number of methoxy groups -OCH3 is 2. The first-order chi connectivity index (χ1) is 11.7. The first kappa shape index (κ1) is 16.8. The highest BCUT2D eigenvalue weighted by Crippen LogP contribution is 2.33. The molecule has 1 aliphatic heterocycles. The molecule has 0 radical (unpaired) electrons. The maximum absolute atomic E-state index is 5.64. The Morgan fingerprint density at radius 2 is 2.08 bits per heavy atom. The third-order valence-corrected chi connectivity index (χ3v) is 4.87. The van der Waals surface area contributed by atoms with Crippen molar-refractivity contribution in [1.82, 2.24) is 9.88 Å². The Balaban J connectivity index is 1.64. The third-order valence-electron chi connectivity index (χ3n) is 4.87. The number of likely N-dealkylation sites (tertiary alicyclic amines) is 1. The summed E-state index contributed by atoms with van der Waals surface area (Å²) in [5.74, 6) is 2.54. The Labute approximate surface area is 144 Å². The van der Waals surface area contributed by atoms with Crippen LogP contribution in [0.3, 0.4) is 0 Å². The Hall–Kier alpha value is -2.07. The molecule has 0 aliphatic carbocycles. The van der Waals surface area contributed by atoms with Crippen molar-refractivity contribution in [3.8, 4) is 11.5 Å². The van der Waals surface area contributed by atoms with Crippen molar-refractivity contribution in [1.29, 1.82) is 0 Å². The lowest BCUT2D eigenvalue weighted by molar-refractivity contribution is 0.306. The topological polar surface area (TPSA) is 34.6 Å². The van der Waals surface area contributed by atoms with Crippen LogP contribution in [-0.2, 0) is 13.0 Å². The van der Waals surface area contributed by atoms with Crippen molar-refractivity contribution in [2.75, 3.05) is 27.3 Å². The second-order valence-corrected chi connectivity index (χ2v) is 6.54. The predicted molar refractivity (Wildman–Crippen MR) is 95.6 cm³/mol. The van der Waals surface area contributed by atoms with E-state index in [9.17, 15) is 0 Å². The van der Waals surface area contributed by atoms with Crippen LogP contribution in [0.25, 0.3) is 0 Å². The van der Waals surface area contributed by atoms with E-state index in [1.807, 2.05) is 24.5 Å². The van der Waals surface area contributed by atoms with Crippen LogP contribution in [0.15, 0.2) is 36.7 Å². The molecule has 1 saturated heterocycles. The van der Waals surface area contributed by atoms with E-state index in [0.717, 1.165) is 43.1 Å². The third kappa shape index (κ3) is 3.70. The monoisotopic (exact) mass is 326 g/mol. The number of hydrogen-bond acceptors (Lipinski definition) is 4. The molecule has 4 heteroatoms. The van der Waals surface area contributed by atoms with Gasteiger partial charge in [0.25, 0.3) is 0 Å². The molecule has 1 fully saturated rings. The van der Waals surface area contributed by atoms with Crippen LogP contribution in [-0.4, -0.2) is 37.2 Å². The molecule has 0 amide bonds. The molecule has 24 heavy (non-hydrogen) atoms. The van der Waals surface area contributed by atoms with Gasteiger partial charge in [-0.3, -0.25) is 9.88 Å². The van der Waals surface area contributed by atoms with Gasteiger partial charge in [0.15, 0.2) is 0 Å². The van der Waals surface area contributed by atoms with Gasteiger partial charge >= 0.3 is 0 Å². The first-order valence-corrected chi connectivity index (χ1v) is 8.53. The molecule has 128 valence electrons. The summed E-state index contributed by atoms with van der Waals surface area (Å²) >= 11 is 0. The summed E-state index contributed by atoms with van der Waals surface area (Å²) in [5, 5.41) is 0. The van der Waals surface area contributed by atoms with Gasteiger partial charge in [0, 0.05) is 36.6 Å². The maximum Gasteiger partial charge on any atom is 0.129 e. The van der Waals surface area contributed by atoms with Gasteiger partial charge in [-0.25, -0.2) is 0 Å². The fourth-order valence-corrected chi connectivity index (χ4v) is 3.68. The van der Waals surface area contributed by atoms with Crippen molar-refractivity contribution in [2.45, 2.75) is 26.3 Å². The lowest BCUT2D eigenvalue weighted by Gasteiger charge is -2.20. The minimum Gasteiger partial charge on any atom is -0.496 e. The zero-order valence-corrected chi connectivity index (χ0v) is 14.8. The van der Waals surface area contributed by atoms with E-state index in [0.29, 0.717) is 5.92 Å². The Kier molecular flexibility index (Phi) is 5.36. The molecule has 1 aliphatic rings. The van der Waals surface area contributed by atoms with Crippen LogP contribution in [0.4, 0.5) is 0 Å². The van der Waals surface area contributed by atoms with Crippen LogP contribution in [0.1, 0.15) is 23.1 Å². The second kappa shape index (κ2) is 7.67. The normalized spacial score (nSPS) is 17.9. The predicted octanol–water partition coefficient (Wildman–Crippen LogP) is 3.47. The second-order valence-electron chi connectivity index (χ2n) is 6.54. The van der Waals surface area contributed by atoms with Gasteiger partial charge in [-0.2, -0.15) is 0 Å². The summed E-state index contributed by atoms with van der Waals surface area (Å²) in [6.45, 7) is 5.25. The Morgan fingerprint density at radius 1 is 1.21 bits per heavy atom. The quantitative estimate of drug-likeness (QED) is 0.814. The van der Waals surface area contributed by atoms with E-state index in [-0.39, 0.29) is 0 Å². The molecule has 1 aromatic heterocycles. The smallest absolute Gasteiger partial charge is 0.129 e. The average Bonchev–Trinajstić information content (AvgIpc) is 3.03. The van der Waals surface area contributed by atoms with Crippen molar-refractivity contribution < 1.29 is 9.47 Å². The summed E-state index contributed by atoms with van der Waals surface area (Å²) in [7, 11) is 3.44. The maximum atomic E-state index is 5.64. The molecular formula is C20H26N2O2. The van der Waals surface area contributed by atoms with E-state index < -0.39 is 0 Å². The molecule has 3 rings (SSSR count). The van der Waals surface area contributed by atoms with Gasteiger partial charge in [0.2, 0.25) is 0 Å². The number of hydrogen-bond donors (Lipinski definition) is 0.